The molecule has 5 nitrogen and oxygen atoms in total. The van der Waals surface area contributed by atoms with E-state index in [2.05, 4.69) is 24.3 Å². The van der Waals surface area contributed by atoms with E-state index < -0.39 is 0 Å². The van der Waals surface area contributed by atoms with Crippen molar-refractivity contribution in [2.24, 2.45) is 5.92 Å². The molecule has 1 aromatic carbocycles. The van der Waals surface area contributed by atoms with Crippen molar-refractivity contribution in [3.8, 4) is 5.75 Å². The van der Waals surface area contributed by atoms with Gasteiger partial charge < -0.3 is 10.1 Å². The summed E-state index contributed by atoms with van der Waals surface area (Å²) in [5, 5.41) is 7.89. The first kappa shape index (κ1) is 15.9. The summed E-state index contributed by atoms with van der Waals surface area (Å²) in [4.78, 5) is 12.6. The van der Waals surface area contributed by atoms with Crippen LogP contribution in [0.25, 0.3) is 0 Å². The van der Waals surface area contributed by atoms with Gasteiger partial charge in [0.25, 0.3) is 5.91 Å². The van der Waals surface area contributed by atoms with Gasteiger partial charge in [-0.1, -0.05) is 37.6 Å². The largest absolute Gasteiger partial charge is 0.489 e. The van der Waals surface area contributed by atoms with Gasteiger partial charge in [0.15, 0.2) is 0 Å². The molecule has 0 radical (unpaired) electrons. The average molecular weight is 334 g/mol. The van der Waals surface area contributed by atoms with E-state index in [1.807, 2.05) is 23.7 Å². The van der Waals surface area contributed by atoms with E-state index in [0.29, 0.717) is 28.9 Å². The van der Waals surface area contributed by atoms with Crippen LogP contribution < -0.4 is 10.1 Å². The van der Waals surface area contributed by atoms with E-state index in [9.17, 15) is 4.79 Å². The summed E-state index contributed by atoms with van der Waals surface area (Å²) in [6, 6.07) is 5.38. The molecule has 122 valence electrons. The Bertz CT molecular complexity index is 739. The molecular formula is C17H20ClN3O2. The van der Waals surface area contributed by atoms with Crippen LogP contribution in [-0.2, 0) is 6.54 Å². The molecular weight excluding hydrogens is 314 g/mol. The molecule has 1 aliphatic heterocycles. The molecule has 6 heteroatoms. The van der Waals surface area contributed by atoms with Crippen molar-refractivity contribution in [3.63, 3.8) is 0 Å². The third-order valence-electron chi connectivity index (χ3n) is 3.96. The van der Waals surface area contributed by atoms with Crippen molar-refractivity contribution in [3.05, 3.63) is 46.2 Å². The number of halogens is 1. The molecule has 0 bridgehead atoms. The summed E-state index contributed by atoms with van der Waals surface area (Å²) in [6.45, 7) is 7.35. The van der Waals surface area contributed by atoms with Crippen LogP contribution in [0.4, 0.5) is 0 Å². The van der Waals surface area contributed by atoms with Gasteiger partial charge in [0.2, 0.25) is 0 Å². The number of carbonyl (C=O) groups is 1. The Morgan fingerprint density at radius 3 is 3.04 bits per heavy atom. The van der Waals surface area contributed by atoms with E-state index >= 15 is 0 Å². The van der Waals surface area contributed by atoms with Gasteiger partial charge in [-0.05, 0) is 18.9 Å². The quantitative estimate of drug-likeness (QED) is 0.933. The maximum atomic E-state index is 12.6. The third-order valence-corrected chi connectivity index (χ3v) is 4.26. The SMILES string of the molecule is Cc1c(C(=O)NC2COc3c(Cl)cccc32)cnn1CC(C)C. The monoisotopic (exact) mass is 333 g/mol. The normalized spacial score (nSPS) is 16.3. The minimum Gasteiger partial charge on any atom is -0.489 e. The van der Waals surface area contributed by atoms with Gasteiger partial charge in [-0.15, -0.1) is 0 Å². The molecule has 1 aromatic heterocycles. The van der Waals surface area contributed by atoms with Gasteiger partial charge in [-0.2, -0.15) is 5.10 Å². The second-order valence-electron chi connectivity index (χ2n) is 6.21. The highest BCUT2D eigenvalue weighted by molar-refractivity contribution is 6.32. The van der Waals surface area contributed by atoms with Crippen LogP contribution in [0.1, 0.15) is 41.5 Å². The maximum Gasteiger partial charge on any atom is 0.255 e. The minimum atomic E-state index is -0.191. The zero-order valence-corrected chi connectivity index (χ0v) is 14.2. The zero-order valence-electron chi connectivity index (χ0n) is 13.5. The first-order valence-corrected chi connectivity index (χ1v) is 8.09. The van der Waals surface area contributed by atoms with Crippen LogP contribution in [0, 0.1) is 12.8 Å². The lowest BCUT2D eigenvalue weighted by Gasteiger charge is -2.12. The molecule has 2 aromatic rings. The number of ether oxygens (including phenoxy) is 1. The smallest absolute Gasteiger partial charge is 0.255 e. The predicted molar refractivity (Wildman–Crippen MR) is 89.0 cm³/mol. The second kappa shape index (κ2) is 6.24. The standard InChI is InChI=1S/C17H20ClN3O2/c1-10(2)8-21-11(3)13(7-19-21)17(22)20-15-9-23-16-12(15)5-4-6-14(16)18/h4-7,10,15H,8-9H2,1-3H3,(H,20,22). The zero-order chi connectivity index (χ0) is 16.6. The van der Waals surface area contributed by atoms with Crippen LogP contribution in [-0.4, -0.2) is 22.3 Å². The topological polar surface area (TPSA) is 56.1 Å². The van der Waals surface area contributed by atoms with Crippen LogP contribution in [0.3, 0.4) is 0 Å². The highest BCUT2D eigenvalue weighted by Crippen LogP contribution is 2.38. The highest BCUT2D eigenvalue weighted by Gasteiger charge is 2.28. The maximum absolute atomic E-state index is 12.6. The molecule has 1 atom stereocenters. The number of amides is 1. The summed E-state index contributed by atoms with van der Waals surface area (Å²) in [5.74, 6) is 0.993. The molecule has 3 rings (SSSR count). The lowest BCUT2D eigenvalue weighted by molar-refractivity contribution is 0.0929. The summed E-state index contributed by atoms with van der Waals surface area (Å²) >= 11 is 6.11. The van der Waals surface area contributed by atoms with Crippen molar-refractivity contribution in [1.82, 2.24) is 15.1 Å². The molecule has 0 saturated carbocycles. The number of hydrogen-bond donors (Lipinski definition) is 1. The van der Waals surface area contributed by atoms with Crippen molar-refractivity contribution in [2.45, 2.75) is 33.4 Å². The van der Waals surface area contributed by atoms with E-state index in [1.165, 1.54) is 0 Å². The second-order valence-corrected chi connectivity index (χ2v) is 6.62. The highest BCUT2D eigenvalue weighted by atomic mass is 35.5. The Hall–Kier alpha value is -2.01. The fourth-order valence-electron chi connectivity index (χ4n) is 2.76. The lowest BCUT2D eigenvalue weighted by Crippen LogP contribution is -2.29. The van der Waals surface area contributed by atoms with E-state index in [-0.39, 0.29) is 11.9 Å². The van der Waals surface area contributed by atoms with E-state index in [1.54, 1.807) is 12.3 Å². The van der Waals surface area contributed by atoms with E-state index in [4.69, 9.17) is 16.3 Å². The van der Waals surface area contributed by atoms with Crippen LogP contribution >= 0.6 is 11.6 Å². The molecule has 0 aliphatic carbocycles. The number of nitrogens with zero attached hydrogens (tertiary/aromatic N) is 2. The fourth-order valence-corrected chi connectivity index (χ4v) is 3.00. The first-order valence-electron chi connectivity index (χ1n) is 7.72. The molecule has 2 heterocycles. The number of para-hydroxylation sites is 1. The number of carbonyl (C=O) groups excluding carboxylic acids is 1. The van der Waals surface area contributed by atoms with Gasteiger partial charge in [-0.25, -0.2) is 0 Å². The number of aromatic nitrogens is 2. The van der Waals surface area contributed by atoms with Crippen molar-refractivity contribution >= 4 is 17.5 Å². The predicted octanol–water partition coefficient (Wildman–Crippen LogP) is 3.36. The third kappa shape index (κ3) is 3.06. The van der Waals surface area contributed by atoms with Gasteiger partial charge in [0, 0.05) is 17.8 Å². The molecule has 1 aliphatic rings. The van der Waals surface area contributed by atoms with Gasteiger partial charge in [-0.3, -0.25) is 9.48 Å². The molecule has 0 saturated heterocycles. The molecule has 1 unspecified atom stereocenters. The Morgan fingerprint density at radius 1 is 1.52 bits per heavy atom. The minimum absolute atomic E-state index is 0.140. The molecule has 1 N–H and O–H groups in total. The summed E-state index contributed by atoms with van der Waals surface area (Å²) in [5.41, 5.74) is 2.39. The van der Waals surface area contributed by atoms with Gasteiger partial charge in [0.1, 0.15) is 12.4 Å². The van der Waals surface area contributed by atoms with E-state index in [0.717, 1.165) is 17.8 Å². The number of nitrogens with one attached hydrogen (secondary N) is 1. The summed E-state index contributed by atoms with van der Waals surface area (Å²) < 4.78 is 7.47. The van der Waals surface area contributed by atoms with Gasteiger partial charge in [0.05, 0.1) is 22.8 Å². The van der Waals surface area contributed by atoms with Gasteiger partial charge >= 0.3 is 0 Å². The van der Waals surface area contributed by atoms with Crippen molar-refractivity contribution < 1.29 is 9.53 Å². The Labute approximate surface area is 140 Å². The number of hydrogen-bond acceptors (Lipinski definition) is 3. The molecule has 1 amide bonds. The Kier molecular flexibility index (Phi) is 4.31. The first-order chi connectivity index (χ1) is 11.0. The molecule has 0 fully saturated rings. The summed E-state index contributed by atoms with van der Waals surface area (Å²) in [7, 11) is 0. The van der Waals surface area contributed by atoms with Crippen molar-refractivity contribution in [2.75, 3.05) is 6.61 Å². The molecule has 0 spiro atoms. The number of fused-ring (bicyclic) bond motifs is 1. The van der Waals surface area contributed by atoms with Crippen LogP contribution in [0.15, 0.2) is 24.4 Å². The number of benzene rings is 1. The van der Waals surface area contributed by atoms with Crippen LogP contribution in [0.2, 0.25) is 5.02 Å². The fraction of sp³-hybridized carbons (Fsp3) is 0.412. The summed E-state index contributed by atoms with van der Waals surface area (Å²) in [6.07, 6.45) is 1.63. The van der Waals surface area contributed by atoms with Crippen LogP contribution in [0.5, 0.6) is 5.75 Å². The molecule has 23 heavy (non-hydrogen) atoms. The Morgan fingerprint density at radius 2 is 2.30 bits per heavy atom. The Balaban J connectivity index is 1.77. The lowest BCUT2D eigenvalue weighted by atomic mass is 10.1. The number of rotatable bonds is 4. The van der Waals surface area contributed by atoms with Crippen molar-refractivity contribution in [1.29, 1.82) is 0 Å². The average Bonchev–Trinajstić information content (AvgIpc) is 3.05.